The number of hydrogen-bond donors (Lipinski definition) is 3. The molecule has 8 nitrogen and oxygen atoms in total. The topological polar surface area (TPSA) is 116 Å². The van der Waals surface area contributed by atoms with Crippen molar-refractivity contribution in [1.29, 1.82) is 0 Å². The molecular formula is C20H31N3O5S. The molecule has 1 fully saturated rings. The Labute approximate surface area is 172 Å². The number of carbonyl (C=O) groups is 2. The van der Waals surface area contributed by atoms with E-state index in [9.17, 15) is 23.1 Å². The van der Waals surface area contributed by atoms with E-state index in [0.29, 0.717) is 12.1 Å². The summed E-state index contributed by atoms with van der Waals surface area (Å²) in [4.78, 5) is 26.1. The molecule has 1 saturated heterocycles. The SMILES string of the molecule is CC(C)c1cccc(C(C)C)c1NC(=O)NS(=O)(=O)C1CCCN(C(C)O)C1=O. The number of benzene rings is 1. The Hall–Kier alpha value is -2.13. The fourth-order valence-corrected chi connectivity index (χ4v) is 4.89. The third-order valence-electron chi connectivity index (χ3n) is 5.10. The van der Waals surface area contributed by atoms with E-state index in [4.69, 9.17) is 0 Å². The van der Waals surface area contributed by atoms with Gasteiger partial charge in [0.1, 0.15) is 6.23 Å². The summed E-state index contributed by atoms with van der Waals surface area (Å²) in [6.45, 7) is 9.65. The molecule has 0 aliphatic carbocycles. The van der Waals surface area contributed by atoms with E-state index in [1.165, 1.54) is 6.92 Å². The first-order valence-electron chi connectivity index (χ1n) is 9.89. The van der Waals surface area contributed by atoms with Crippen LogP contribution in [-0.4, -0.2) is 48.4 Å². The molecule has 0 radical (unpaired) electrons. The van der Waals surface area contributed by atoms with Crippen LogP contribution >= 0.6 is 0 Å². The monoisotopic (exact) mass is 425 g/mol. The molecule has 1 aromatic carbocycles. The second-order valence-corrected chi connectivity index (χ2v) is 9.88. The third kappa shape index (κ3) is 5.27. The molecule has 1 aliphatic heterocycles. The Morgan fingerprint density at radius 3 is 2.17 bits per heavy atom. The van der Waals surface area contributed by atoms with Gasteiger partial charge in [0.15, 0.2) is 5.25 Å². The average Bonchev–Trinajstić information content (AvgIpc) is 2.60. The maximum Gasteiger partial charge on any atom is 0.332 e. The van der Waals surface area contributed by atoms with Crippen LogP contribution < -0.4 is 10.0 Å². The van der Waals surface area contributed by atoms with Gasteiger partial charge in [-0.25, -0.2) is 17.9 Å². The number of likely N-dealkylation sites (tertiary alicyclic amines) is 1. The third-order valence-corrected chi connectivity index (χ3v) is 6.75. The first-order chi connectivity index (χ1) is 13.5. The number of nitrogens with one attached hydrogen (secondary N) is 2. The van der Waals surface area contributed by atoms with Crippen molar-refractivity contribution < 1.29 is 23.1 Å². The number of aliphatic hydroxyl groups is 1. The van der Waals surface area contributed by atoms with E-state index >= 15 is 0 Å². The number of nitrogens with zero attached hydrogens (tertiary/aromatic N) is 1. The molecule has 3 amide bonds. The van der Waals surface area contributed by atoms with Gasteiger partial charge in [0, 0.05) is 12.2 Å². The van der Waals surface area contributed by atoms with Gasteiger partial charge in [-0.05, 0) is 42.7 Å². The minimum Gasteiger partial charge on any atom is -0.374 e. The van der Waals surface area contributed by atoms with E-state index < -0.39 is 33.4 Å². The van der Waals surface area contributed by atoms with Crippen LogP contribution in [0.2, 0.25) is 0 Å². The minimum absolute atomic E-state index is 0.102. The number of carbonyl (C=O) groups excluding carboxylic acids is 2. The lowest BCUT2D eigenvalue weighted by Crippen LogP contribution is -2.54. The van der Waals surface area contributed by atoms with Gasteiger partial charge in [-0.1, -0.05) is 45.9 Å². The van der Waals surface area contributed by atoms with Gasteiger partial charge in [-0.2, -0.15) is 0 Å². The summed E-state index contributed by atoms with van der Waals surface area (Å²) in [5, 5.41) is 11.0. The van der Waals surface area contributed by atoms with Gasteiger partial charge in [0.05, 0.1) is 0 Å². The first-order valence-corrected chi connectivity index (χ1v) is 11.4. The number of hydrogen-bond acceptors (Lipinski definition) is 5. The Kier molecular flexibility index (Phi) is 7.29. The summed E-state index contributed by atoms with van der Waals surface area (Å²) in [6.07, 6.45) is -0.553. The molecule has 0 bridgehead atoms. The lowest BCUT2D eigenvalue weighted by Gasteiger charge is -2.33. The van der Waals surface area contributed by atoms with Crippen molar-refractivity contribution in [3.63, 3.8) is 0 Å². The van der Waals surface area contributed by atoms with Gasteiger partial charge in [0.2, 0.25) is 15.9 Å². The largest absolute Gasteiger partial charge is 0.374 e. The van der Waals surface area contributed by atoms with Crippen LogP contribution in [0.5, 0.6) is 0 Å². The van der Waals surface area contributed by atoms with Crippen LogP contribution in [0.4, 0.5) is 10.5 Å². The van der Waals surface area contributed by atoms with E-state index in [1.54, 1.807) is 0 Å². The molecule has 0 spiro atoms. The van der Waals surface area contributed by atoms with Crippen LogP contribution in [0, 0.1) is 0 Å². The van der Waals surface area contributed by atoms with Crippen molar-refractivity contribution >= 4 is 27.6 Å². The maximum atomic E-state index is 12.7. The normalized spacial score (nSPS) is 18.8. The molecule has 162 valence electrons. The van der Waals surface area contributed by atoms with Crippen LogP contribution in [0.25, 0.3) is 0 Å². The number of rotatable bonds is 6. The fourth-order valence-electron chi connectivity index (χ4n) is 3.56. The molecule has 29 heavy (non-hydrogen) atoms. The van der Waals surface area contributed by atoms with Gasteiger partial charge >= 0.3 is 6.03 Å². The number of piperidine rings is 1. The zero-order valence-electron chi connectivity index (χ0n) is 17.6. The molecule has 2 atom stereocenters. The summed E-state index contributed by atoms with van der Waals surface area (Å²) >= 11 is 0. The summed E-state index contributed by atoms with van der Waals surface area (Å²) < 4.78 is 27.4. The van der Waals surface area contributed by atoms with Gasteiger partial charge in [0.25, 0.3) is 0 Å². The fraction of sp³-hybridized carbons (Fsp3) is 0.600. The molecule has 0 aromatic heterocycles. The number of aliphatic hydroxyl groups excluding tert-OH is 1. The smallest absolute Gasteiger partial charge is 0.332 e. The predicted octanol–water partition coefficient (Wildman–Crippen LogP) is 2.71. The van der Waals surface area contributed by atoms with Crippen LogP contribution in [-0.2, 0) is 14.8 Å². The van der Waals surface area contributed by atoms with E-state index in [1.807, 2.05) is 50.6 Å². The molecule has 2 rings (SSSR count). The van der Waals surface area contributed by atoms with Crippen LogP contribution in [0.3, 0.4) is 0 Å². The Morgan fingerprint density at radius 1 is 1.14 bits per heavy atom. The van der Waals surface area contributed by atoms with E-state index in [2.05, 4.69) is 5.32 Å². The predicted molar refractivity (Wildman–Crippen MR) is 112 cm³/mol. The van der Waals surface area contributed by atoms with Crippen molar-refractivity contribution in [2.75, 3.05) is 11.9 Å². The first kappa shape index (κ1) is 23.2. The van der Waals surface area contributed by atoms with Crippen molar-refractivity contribution in [3.05, 3.63) is 29.3 Å². The van der Waals surface area contributed by atoms with Crippen LogP contribution in [0.1, 0.15) is 70.4 Å². The highest BCUT2D eigenvalue weighted by Gasteiger charge is 2.40. The second-order valence-electron chi connectivity index (χ2n) is 8.02. The molecule has 2 unspecified atom stereocenters. The van der Waals surface area contributed by atoms with Crippen molar-refractivity contribution in [1.82, 2.24) is 9.62 Å². The Balaban J connectivity index is 2.24. The summed E-state index contributed by atoms with van der Waals surface area (Å²) in [7, 11) is -4.25. The van der Waals surface area contributed by atoms with Crippen molar-refractivity contribution in [3.8, 4) is 0 Å². The standard InChI is InChI=1S/C20H31N3O5S/c1-12(2)15-8-6-9-16(13(3)4)18(15)21-20(26)22-29(27,28)17-10-7-11-23(14(5)24)19(17)25/h6,8-9,12-14,17,24H,7,10-11H2,1-5H3,(H2,21,22,26). The van der Waals surface area contributed by atoms with E-state index in [-0.39, 0.29) is 24.8 Å². The maximum absolute atomic E-state index is 12.7. The highest BCUT2D eigenvalue weighted by atomic mass is 32.2. The summed E-state index contributed by atoms with van der Waals surface area (Å²) in [5.74, 6) is -0.447. The quantitative estimate of drug-likeness (QED) is 0.648. The zero-order chi connectivity index (χ0) is 21.9. The second kappa shape index (κ2) is 9.13. The Morgan fingerprint density at radius 2 is 1.69 bits per heavy atom. The van der Waals surface area contributed by atoms with Crippen molar-refractivity contribution in [2.24, 2.45) is 0 Å². The molecule has 9 heteroatoms. The number of sulfonamides is 1. The lowest BCUT2D eigenvalue weighted by molar-refractivity contribution is -0.142. The highest BCUT2D eigenvalue weighted by molar-refractivity contribution is 7.91. The van der Waals surface area contributed by atoms with Crippen LogP contribution in [0.15, 0.2) is 18.2 Å². The van der Waals surface area contributed by atoms with Crippen molar-refractivity contribution in [2.45, 2.75) is 70.8 Å². The lowest BCUT2D eigenvalue weighted by atomic mass is 9.93. The summed E-state index contributed by atoms with van der Waals surface area (Å²) in [6, 6.07) is 4.80. The number of amides is 3. The summed E-state index contributed by atoms with van der Waals surface area (Å²) in [5.41, 5.74) is 2.39. The molecular weight excluding hydrogens is 394 g/mol. The highest BCUT2D eigenvalue weighted by Crippen LogP contribution is 2.32. The number of para-hydroxylation sites is 1. The Bertz CT molecular complexity index is 839. The minimum atomic E-state index is -4.25. The average molecular weight is 426 g/mol. The number of urea groups is 1. The molecule has 1 heterocycles. The molecule has 1 aromatic rings. The zero-order valence-corrected chi connectivity index (χ0v) is 18.4. The van der Waals surface area contributed by atoms with Gasteiger partial charge in [-0.3, -0.25) is 4.79 Å². The molecule has 0 saturated carbocycles. The molecule has 3 N–H and O–H groups in total. The molecule has 1 aliphatic rings. The number of anilines is 1. The van der Waals surface area contributed by atoms with Gasteiger partial charge < -0.3 is 15.3 Å². The van der Waals surface area contributed by atoms with E-state index in [0.717, 1.165) is 16.0 Å². The van der Waals surface area contributed by atoms with Gasteiger partial charge in [-0.15, -0.1) is 0 Å².